The number of fused-ring (bicyclic) bond motifs is 2. The third-order valence-electron chi connectivity index (χ3n) is 10.2. The van der Waals surface area contributed by atoms with Gasteiger partial charge < -0.3 is 0 Å². The minimum absolute atomic E-state index is 0.136. The number of allylic oxidation sites excluding steroid dienone is 2. The molecular weight excluding hydrogens is 675 g/mol. The first-order valence-corrected chi connectivity index (χ1v) is 19.2. The summed E-state index contributed by atoms with van der Waals surface area (Å²) in [6.07, 6.45) is 12.7. The van der Waals surface area contributed by atoms with E-state index < -0.39 is 0 Å². The molecule has 0 saturated heterocycles. The molecule has 2 aliphatic rings. The first-order valence-electron chi connectivity index (χ1n) is 17.4. The standard InChI is InChI=1S/C23H18N2S.C22H17N3S/c1-3-8-17(9-4-1)22-19-13-14-23(16-20(19)24-25-22,21-12-7-15-26-21)18-10-5-2-6-11-18;1-2-7-16(8-3-1)22(20-10-6-14-26-20)12-11-17-19(15-22)24-25-21(17)18-9-4-5-13-23-18/h1-15H,16H2,(H,24,25);1-14H,15H2,(H,24,25). The zero-order valence-corrected chi connectivity index (χ0v) is 29.9. The Hall–Kier alpha value is -5.89. The monoisotopic (exact) mass is 709 g/mol. The smallest absolute Gasteiger partial charge is 0.118 e. The lowest BCUT2D eigenvalue weighted by Gasteiger charge is -2.33. The van der Waals surface area contributed by atoms with E-state index in [1.165, 1.54) is 32.1 Å². The number of thiophene rings is 2. The van der Waals surface area contributed by atoms with E-state index in [-0.39, 0.29) is 10.8 Å². The molecule has 52 heavy (non-hydrogen) atoms. The van der Waals surface area contributed by atoms with Gasteiger partial charge in [-0.2, -0.15) is 10.2 Å². The molecule has 2 unspecified atom stereocenters. The quantitative estimate of drug-likeness (QED) is 0.181. The van der Waals surface area contributed by atoms with Crippen molar-refractivity contribution in [3.05, 3.63) is 206 Å². The fourth-order valence-corrected chi connectivity index (χ4v) is 9.46. The summed E-state index contributed by atoms with van der Waals surface area (Å²) in [6.45, 7) is 0. The SMILES string of the molecule is C1=CC(c2ccccc2)(c2cccs2)Cc2[nH]nc(-c3ccccc3)c21.C1=CC(c2ccccc2)(c2cccs2)Cc2[nH]nc(-c3ccccn3)c21. The Morgan fingerprint density at radius 2 is 1.00 bits per heavy atom. The van der Waals surface area contributed by atoms with Crippen molar-refractivity contribution >= 4 is 34.8 Å². The van der Waals surface area contributed by atoms with Crippen LogP contribution in [0.25, 0.3) is 34.8 Å². The van der Waals surface area contributed by atoms with E-state index in [4.69, 9.17) is 0 Å². The first kappa shape index (κ1) is 32.0. The van der Waals surface area contributed by atoms with Crippen LogP contribution in [-0.2, 0) is 23.7 Å². The second kappa shape index (κ2) is 13.7. The third-order valence-corrected chi connectivity index (χ3v) is 12.3. The molecule has 5 aromatic heterocycles. The van der Waals surface area contributed by atoms with Gasteiger partial charge in [0.15, 0.2) is 0 Å². The van der Waals surface area contributed by atoms with Crippen molar-refractivity contribution in [1.29, 1.82) is 0 Å². The molecule has 2 atom stereocenters. The van der Waals surface area contributed by atoms with Crippen LogP contribution in [0, 0.1) is 0 Å². The van der Waals surface area contributed by atoms with Gasteiger partial charge in [0.05, 0.1) is 22.2 Å². The molecule has 2 N–H and O–H groups in total. The Bertz CT molecular complexity index is 2270. The van der Waals surface area contributed by atoms with Gasteiger partial charge in [0, 0.05) is 56.9 Å². The maximum atomic E-state index is 4.64. The fraction of sp³-hybridized carbons (Fsp3) is 0.0889. The lowest BCUT2D eigenvalue weighted by molar-refractivity contribution is 0.633. The van der Waals surface area contributed by atoms with Gasteiger partial charge in [0.2, 0.25) is 0 Å². The number of hydrogen-bond acceptors (Lipinski definition) is 5. The Morgan fingerprint density at radius 1 is 0.500 bits per heavy atom. The largest absolute Gasteiger partial charge is 0.281 e. The van der Waals surface area contributed by atoms with E-state index >= 15 is 0 Å². The summed E-state index contributed by atoms with van der Waals surface area (Å²) >= 11 is 3.62. The topological polar surface area (TPSA) is 70.2 Å². The van der Waals surface area contributed by atoms with Crippen LogP contribution in [0.3, 0.4) is 0 Å². The summed E-state index contributed by atoms with van der Waals surface area (Å²) in [5, 5.41) is 20.1. The van der Waals surface area contributed by atoms with Gasteiger partial charge >= 0.3 is 0 Å². The average molecular weight is 710 g/mol. The zero-order chi connectivity index (χ0) is 34.8. The van der Waals surface area contributed by atoms with Crippen molar-refractivity contribution in [2.75, 3.05) is 0 Å². The number of rotatable bonds is 6. The van der Waals surface area contributed by atoms with Crippen LogP contribution in [0.4, 0.5) is 0 Å². The highest BCUT2D eigenvalue weighted by Gasteiger charge is 2.38. The molecule has 3 aromatic carbocycles. The van der Waals surface area contributed by atoms with E-state index in [0.717, 1.165) is 46.7 Å². The van der Waals surface area contributed by atoms with E-state index in [1.54, 1.807) is 11.3 Å². The fourth-order valence-electron chi connectivity index (χ4n) is 7.60. The van der Waals surface area contributed by atoms with E-state index in [2.05, 4.69) is 170 Å². The second-order valence-electron chi connectivity index (χ2n) is 13.2. The molecule has 2 aliphatic carbocycles. The van der Waals surface area contributed by atoms with E-state index in [1.807, 2.05) is 41.8 Å². The molecule has 0 fully saturated rings. The molecule has 10 rings (SSSR count). The van der Waals surface area contributed by atoms with Crippen LogP contribution in [0.1, 0.15) is 43.4 Å². The number of nitrogens with one attached hydrogen (secondary N) is 2. The van der Waals surface area contributed by atoms with Crippen LogP contribution < -0.4 is 0 Å². The summed E-state index contributed by atoms with van der Waals surface area (Å²) in [5.41, 5.74) is 11.0. The summed E-state index contributed by atoms with van der Waals surface area (Å²) in [7, 11) is 0. The molecule has 0 spiro atoms. The maximum Gasteiger partial charge on any atom is 0.118 e. The van der Waals surface area contributed by atoms with Crippen molar-refractivity contribution in [3.63, 3.8) is 0 Å². The van der Waals surface area contributed by atoms with Crippen molar-refractivity contribution in [1.82, 2.24) is 25.4 Å². The molecule has 5 nitrogen and oxygen atoms in total. The highest BCUT2D eigenvalue weighted by molar-refractivity contribution is 7.10. The molecule has 0 saturated carbocycles. The summed E-state index contributed by atoms with van der Waals surface area (Å²) in [6, 6.07) is 46.5. The van der Waals surface area contributed by atoms with Crippen molar-refractivity contribution in [3.8, 4) is 22.6 Å². The van der Waals surface area contributed by atoms with Crippen LogP contribution >= 0.6 is 22.7 Å². The van der Waals surface area contributed by atoms with Crippen LogP contribution in [-0.4, -0.2) is 25.4 Å². The Labute approximate surface area is 311 Å². The number of pyridine rings is 1. The van der Waals surface area contributed by atoms with E-state index in [0.29, 0.717) is 0 Å². The first-order chi connectivity index (χ1) is 25.7. The highest BCUT2D eigenvalue weighted by atomic mass is 32.1. The molecule has 252 valence electrons. The molecule has 8 aromatic rings. The predicted molar refractivity (Wildman–Crippen MR) is 214 cm³/mol. The van der Waals surface area contributed by atoms with Gasteiger partial charge in [0.25, 0.3) is 0 Å². The van der Waals surface area contributed by atoms with Gasteiger partial charge in [-0.05, 0) is 46.2 Å². The average Bonchev–Trinajstić information content (AvgIpc) is 4.07. The normalized spacial score (nSPS) is 18.6. The molecule has 7 heteroatoms. The molecular formula is C45H35N5S2. The number of benzene rings is 3. The predicted octanol–water partition coefficient (Wildman–Crippen LogP) is 10.8. The summed E-state index contributed by atoms with van der Waals surface area (Å²) < 4.78 is 0. The molecule has 0 aliphatic heterocycles. The van der Waals surface area contributed by atoms with Gasteiger partial charge in [-0.1, -0.05) is 133 Å². The van der Waals surface area contributed by atoms with Gasteiger partial charge in [-0.3, -0.25) is 15.2 Å². The highest BCUT2D eigenvalue weighted by Crippen LogP contribution is 2.46. The number of H-pyrrole nitrogens is 2. The minimum Gasteiger partial charge on any atom is -0.281 e. The van der Waals surface area contributed by atoms with Crippen molar-refractivity contribution < 1.29 is 0 Å². The Kier molecular flexibility index (Phi) is 8.43. The number of hydrogen-bond donors (Lipinski definition) is 2. The lowest BCUT2D eigenvalue weighted by Crippen LogP contribution is -2.29. The van der Waals surface area contributed by atoms with Gasteiger partial charge in [0.1, 0.15) is 5.69 Å². The third kappa shape index (κ3) is 5.68. The molecule has 5 heterocycles. The van der Waals surface area contributed by atoms with Gasteiger partial charge in [-0.25, -0.2) is 0 Å². The zero-order valence-electron chi connectivity index (χ0n) is 28.3. The number of aromatic nitrogens is 5. The number of aromatic amines is 2. The summed E-state index contributed by atoms with van der Waals surface area (Å²) in [5.74, 6) is 0. The van der Waals surface area contributed by atoms with Crippen LogP contribution in [0.5, 0.6) is 0 Å². The lowest BCUT2D eigenvalue weighted by atomic mass is 9.72. The molecule has 0 radical (unpaired) electrons. The molecule has 0 bridgehead atoms. The second-order valence-corrected chi connectivity index (χ2v) is 15.1. The van der Waals surface area contributed by atoms with Crippen LogP contribution in [0.2, 0.25) is 0 Å². The van der Waals surface area contributed by atoms with Gasteiger partial charge in [-0.15, -0.1) is 22.7 Å². The van der Waals surface area contributed by atoms with E-state index in [9.17, 15) is 0 Å². The van der Waals surface area contributed by atoms with Crippen molar-refractivity contribution in [2.45, 2.75) is 23.7 Å². The maximum absolute atomic E-state index is 4.64. The molecule has 0 amide bonds. The number of nitrogens with zero attached hydrogens (tertiary/aromatic N) is 3. The Balaban J connectivity index is 0.000000138. The summed E-state index contributed by atoms with van der Waals surface area (Å²) in [4.78, 5) is 7.17. The minimum atomic E-state index is -0.156. The Morgan fingerprint density at radius 3 is 1.50 bits per heavy atom. The van der Waals surface area contributed by atoms with Crippen molar-refractivity contribution in [2.24, 2.45) is 0 Å². The van der Waals surface area contributed by atoms with Crippen LogP contribution in [0.15, 0.2) is 163 Å².